The largest absolute Gasteiger partial charge is 0.367 e. The lowest BCUT2D eigenvalue weighted by Crippen LogP contribution is -2.17. The van der Waals surface area contributed by atoms with Crippen LogP contribution in [0, 0.1) is 6.92 Å². The molecule has 26 heavy (non-hydrogen) atoms. The molecule has 0 atom stereocenters. The summed E-state index contributed by atoms with van der Waals surface area (Å²) in [6, 6.07) is 9.52. The van der Waals surface area contributed by atoms with E-state index in [4.69, 9.17) is 23.2 Å². The lowest BCUT2D eigenvalue weighted by atomic mass is 10.2. The number of aromatic nitrogens is 5. The quantitative estimate of drug-likeness (QED) is 0.506. The van der Waals surface area contributed by atoms with Crippen LogP contribution >= 0.6 is 23.2 Å². The number of anilines is 2. The molecule has 0 aliphatic heterocycles. The van der Waals surface area contributed by atoms with Crippen molar-refractivity contribution in [2.75, 3.05) is 23.7 Å². The van der Waals surface area contributed by atoms with Crippen molar-refractivity contribution in [1.82, 2.24) is 24.6 Å². The van der Waals surface area contributed by atoms with Crippen LogP contribution in [-0.4, -0.2) is 37.7 Å². The van der Waals surface area contributed by atoms with Gasteiger partial charge in [-0.2, -0.15) is 4.52 Å². The first-order valence-electron chi connectivity index (χ1n) is 8.03. The van der Waals surface area contributed by atoms with Crippen LogP contribution in [0.3, 0.4) is 0 Å². The molecule has 3 heterocycles. The molecule has 0 saturated carbocycles. The summed E-state index contributed by atoms with van der Waals surface area (Å²) >= 11 is 12.0. The smallest absolute Gasteiger partial charge is 0.226 e. The van der Waals surface area contributed by atoms with E-state index >= 15 is 0 Å². The minimum atomic E-state index is 0.482. The Morgan fingerprint density at radius 2 is 1.88 bits per heavy atom. The van der Waals surface area contributed by atoms with Crippen LogP contribution in [0.15, 0.2) is 36.5 Å². The Labute approximate surface area is 159 Å². The minimum absolute atomic E-state index is 0.482. The first-order chi connectivity index (χ1) is 12.6. The fraction of sp³-hybridized carbons (Fsp3) is 0.176. The maximum Gasteiger partial charge on any atom is 0.226 e. The Balaban J connectivity index is 1.53. The van der Waals surface area contributed by atoms with Crippen molar-refractivity contribution in [3.63, 3.8) is 0 Å². The molecule has 0 aliphatic carbocycles. The van der Waals surface area contributed by atoms with Crippen LogP contribution in [0.1, 0.15) is 5.82 Å². The highest BCUT2D eigenvalue weighted by molar-refractivity contribution is 6.35. The zero-order chi connectivity index (χ0) is 18.1. The van der Waals surface area contributed by atoms with E-state index < -0.39 is 0 Å². The van der Waals surface area contributed by atoms with Crippen molar-refractivity contribution in [3.8, 4) is 0 Å². The predicted molar refractivity (Wildman–Crippen MR) is 104 cm³/mol. The summed E-state index contributed by atoms with van der Waals surface area (Å²) in [5, 5.41) is 12.8. The van der Waals surface area contributed by atoms with E-state index in [1.165, 1.54) is 0 Å². The number of nitrogens with zero attached hydrogens (tertiary/aromatic N) is 5. The van der Waals surface area contributed by atoms with Gasteiger partial charge in [0.25, 0.3) is 0 Å². The fourth-order valence-electron chi connectivity index (χ4n) is 2.67. The van der Waals surface area contributed by atoms with E-state index in [2.05, 4.69) is 30.7 Å². The number of halogens is 2. The number of benzene rings is 1. The maximum atomic E-state index is 6.11. The number of fused-ring (bicyclic) bond motifs is 3. The van der Waals surface area contributed by atoms with Crippen LogP contribution in [0.5, 0.6) is 0 Å². The number of pyridine rings is 1. The van der Waals surface area contributed by atoms with Gasteiger partial charge in [-0.3, -0.25) is 0 Å². The summed E-state index contributed by atoms with van der Waals surface area (Å²) in [5.41, 5.74) is 1.65. The molecule has 7 nitrogen and oxygen atoms in total. The summed E-state index contributed by atoms with van der Waals surface area (Å²) < 4.78 is 1.73. The van der Waals surface area contributed by atoms with E-state index in [1.807, 2.05) is 31.2 Å². The third-order valence-corrected chi connectivity index (χ3v) is 4.29. The average molecular weight is 388 g/mol. The van der Waals surface area contributed by atoms with Gasteiger partial charge in [-0.15, -0.1) is 5.10 Å². The third-order valence-electron chi connectivity index (χ3n) is 3.79. The molecule has 0 spiro atoms. The van der Waals surface area contributed by atoms with Crippen LogP contribution in [0.25, 0.3) is 16.6 Å². The monoisotopic (exact) mass is 387 g/mol. The van der Waals surface area contributed by atoms with Crippen molar-refractivity contribution in [2.24, 2.45) is 0 Å². The summed E-state index contributed by atoms with van der Waals surface area (Å²) in [7, 11) is 0. The number of hydrogen-bond donors (Lipinski definition) is 2. The van der Waals surface area contributed by atoms with Crippen LogP contribution < -0.4 is 10.6 Å². The van der Waals surface area contributed by atoms with Crippen molar-refractivity contribution in [3.05, 3.63) is 52.4 Å². The SMILES string of the molecule is Cc1nc2c3ccccc3nc(NCCNc3ncc(Cl)cc3Cl)n2n1. The van der Waals surface area contributed by atoms with Gasteiger partial charge < -0.3 is 10.6 Å². The first kappa shape index (κ1) is 16.8. The van der Waals surface area contributed by atoms with Gasteiger partial charge in [0.15, 0.2) is 5.65 Å². The predicted octanol–water partition coefficient (Wildman–Crippen LogP) is 3.81. The zero-order valence-corrected chi connectivity index (χ0v) is 15.4. The molecule has 0 saturated heterocycles. The molecule has 0 amide bonds. The van der Waals surface area contributed by atoms with Gasteiger partial charge in [0, 0.05) is 24.7 Å². The Bertz CT molecular complexity index is 1090. The summed E-state index contributed by atoms with van der Waals surface area (Å²) in [5.74, 6) is 1.92. The number of para-hydroxylation sites is 1. The van der Waals surface area contributed by atoms with Crippen molar-refractivity contribution >= 4 is 51.5 Å². The summed E-state index contributed by atoms with van der Waals surface area (Å²) in [4.78, 5) is 13.3. The second-order valence-electron chi connectivity index (χ2n) is 5.68. The fourth-order valence-corrected chi connectivity index (χ4v) is 3.12. The molecule has 9 heteroatoms. The third kappa shape index (κ3) is 3.23. The van der Waals surface area contributed by atoms with Crippen LogP contribution in [0.2, 0.25) is 10.0 Å². The molecule has 132 valence electrons. The second kappa shape index (κ2) is 6.93. The molecule has 0 bridgehead atoms. The molecule has 0 aliphatic rings. The van der Waals surface area contributed by atoms with E-state index in [-0.39, 0.29) is 0 Å². The molecule has 4 rings (SSSR count). The Morgan fingerprint density at radius 3 is 2.73 bits per heavy atom. The van der Waals surface area contributed by atoms with E-state index in [0.717, 1.165) is 16.6 Å². The second-order valence-corrected chi connectivity index (χ2v) is 6.53. The molecule has 4 aromatic rings. The van der Waals surface area contributed by atoms with Gasteiger partial charge in [-0.1, -0.05) is 35.3 Å². The highest BCUT2D eigenvalue weighted by Crippen LogP contribution is 2.22. The molecule has 3 aromatic heterocycles. The van der Waals surface area contributed by atoms with Gasteiger partial charge in [-0.25, -0.2) is 15.0 Å². The average Bonchev–Trinajstić information content (AvgIpc) is 3.02. The van der Waals surface area contributed by atoms with E-state index in [0.29, 0.717) is 40.7 Å². The highest BCUT2D eigenvalue weighted by atomic mass is 35.5. The van der Waals surface area contributed by atoms with Gasteiger partial charge in [-0.05, 0) is 25.1 Å². The number of nitrogens with one attached hydrogen (secondary N) is 2. The van der Waals surface area contributed by atoms with Gasteiger partial charge in [0.2, 0.25) is 5.95 Å². The normalized spacial score (nSPS) is 11.2. The molecule has 1 aromatic carbocycles. The maximum absolute atomic E-state index is 6.11. The Kier molecular flexibility index (Phi) is 4.48. The number of rotatable bonds is 5. The lowest BCUT2D eigenvalue weighted by molar-refractivity contribution is 0.896. The van der Waals surface area contributed by atoms with Crippen LogP contribution in [-0.2, 0) is 0 Å². The van der Waals surface area contributed by atoms with Gasteiger partial charge in [0.05, 0.1) is 15.6 Å². The Hall–Kier alpha value is -2.64. The van der Waals surface area contributed by atoms with Gasteiger partial charge in [0.1, 0.15) is 11.6 Å². The summed E-state index contributed by atoms with van der Waals surface area (Å²) in [6.07, 6.45) is 1.55. The summed E-state index contributed by atoms with van der Waals surface area (Å²) in [6.45, 7) is 3.05. The molecular formula is C17H15Cl2N7. The van der Waals surface area contributed by atoms with Crippen molar-refractivity contribution in [1.29, 1.82) is 0 Å². The molecular weight excluding hydrogens is 373 g/mol. The first-order valence-corrected chi connectivity index (χ1v) is 8.78. The molecule has 0 fully saturated rings. The minimum Gasteiger partial charge on any atom is -0.367 e. The standard InChI is InChI=1S/C17H15Cl2N7/c1-10-23-16-12-4-2-3-5-14(12)24-17(26(16)25-10)21-7-6-20-15-13(19)8-11(18)9-22-15/h2-5,8-9H,6-7H2,1H3,(H,20,22)(H,21,24). The van der Waals surface area contributed by atoms with Crippen molar-refractivity contribution in [2.45, 2.75) is 6.92 Å². The van der Waals surface area contributed by atoms with Gasteiger partial charge >= 0.3 is 0 Å². The van der Waals surface area contributed by atoms with E-state index in [1.54, 1.807) is 16.8 Å². The van der Waals surface area contributed by atoms with Crippen LogP contribution in [0.4, 0.5) is 11.8 Å². The zero-order valence-electron chi connectivity index (χ0n) is 13.9. The van der Waals surface area contributed by atoms with Crippen molar-refractivity contribution < 1.29 is 0 Å². The Morgan fingerprint density at radius 1 is 1.08 bits per heavy atom. The molecule has 0 radical (unpaired) electrons. The molecule has 0 unspecified atom stereocenters. The number of hydrogen-bond acceptors (Lipinski definition) is 6. The highest BCUT2D eigenvalue weighted by Gasteiger charge is 2.11. The molecule has 2 N–H and O–H groups in total. The lowest BCUT2D eigenvalue weighted by Gasteiger charge is -2.10. The number of aryl methyl sites for hydroxylation is 1. The topological polar surface area (TPSA) is 80.0 Å². The van der Waals surface area contributed by atoms with E-state index in [9.17, 15) is 0 Å².